The summed E-state index contributed by atoms with van der Waals surface area (Å²) in [7, 11) is 12.7. The van der Waals surface area contributed by atoms with Crippen molar-refractivity contribution >= 4 is 90.7 Å². The minimum Gasteiger partial charge on any atom is -0.320 e. The fourth-order valence-corrected chi connectivity index (χ4v) is 16.1. The monoisotopic (exact) mass is 1360 g/mol. The number of likely N-dealkylation sites (N-methyl/N-ethyl adjacent to an activating group) is 4. The largest absolute Gasteiger partial charge is 0.320 e. The van der Waals surface area contributed by atoms with Gasteiger partial charge in [0.15, 0.2) is 0 Å². The Morgan fingerprint density at radius 2 is 0.892 bits per heavy atom. The predicted molar refractivity (Wildman–Crippen MR) is 422 cm³/mol. The van der Waals surface area contributed by atoms with E-state index in [-0.39, 0.29) is 11.2 Å². The molecule has 12 aromatic rings. The SMILES string of the molecule is C/C(=C/n1c2c(c3cc(C)ccc31)CN(C)CC2)c1ccc(F)nc1.C/C(=C/n1c2c(c3cc(C)ccc31)CN(C)CC2)c1ccnn1C.C/C(=C/n1c2c(c3cc(C)ccc31)CN(C)CC2)c1cnn(C)c1.C=CCC1(C)CN(C)Cc2c1n(/C=C(\C)c1ccc(F)cc1)c1ccc(C)cc21. The van der Waals surface area contributed by atoms with Crippen molar-refractivity contribution in [3.63, 3.8) is 0 Å². The maximum absolute atomic E-state index is 13.4. The van der Waals surface area contributed by atoms with Crippen LogP contribution in [-0.4, -0.2) is 117 Å². The first-order valence-corrected chi connectivity index (χ1v) is 35.9. The van der Waals surface area contributed by atoms with E-state index in [1.807, 2.05) is 54.1 Å². The molecule has 11 heterocycles. The van der Waals surface area contributed by atoms with Crippen molar-refractivity contribution in [3.05, 3.63) is 254 Å². The molecule has 0 spiro atoms. The van der Waals surface area contributed by atoms with Gasteiger partial charge in [-0.05, 0) is 225 Å². The van der Waals surface area contributed by atoms with Gasteiger partial charge in [-0.1, -0.05) is 71.7 Å². The van der Waals surface area contributed by atoms with Gasteiger partial charge in [0, 0.05) is 184 Å². The van der Waals surface area contributed by atoms with Gasteiger partial charge < -0.3 is 37.9 Å². The van der Waals surface area contributed by atoms with Gasteiger partial charge in [0.25, 0.3) is 0 Å². The number of nitrogens with zero attached hydrogens (tertiary/aromatic N) is 13. The number of aryl methyl sites for hydroxylation is 6. The quantitative estimate of drug-likeness (QED) is 0.0997. The smallest absolute Gasteiger partial charge is 0.212 e. The van der Waals surface area contributed by atoms with E-state index < -0.39 is 5.95 Å². The highest BCUT2D eigenvalue weighted by atomic mass is 19.1. The molecule has 15 heteroatoms. The Hall–Kier alpha value is -9.77. The van der Waals surface area contributed by atoms with E-state index >= 15 is 0 Å². The van der Waals surface area contributed by atoms with Crippen molar-refractivity contribution < 1.29 is 8.78 Å². The Kier molecular flexibility index (Phi) is 20.3. The van der Waals surface area contributed by atoms with E-state index in [4.69, 9.17) is 0 Å². The lowest BCUT2D eigenvalue weighted by Crippen LogP contribution is -2.42. The molecule has 16 rings (SSSR count). The second kappa shape index (κ2) is 29.3. The second-order valence-corrected chi connectivity index (χ2v) is 29.7. The molecule has 4 aliphatic heterocycles. The minimum absolute atomic E-state index is 0.0173. The molecule has 0 saturated heterocycles. The fourth-order valence-electron chi connectivity index (χ4n) is 16.1. The number of hydrogen-bond donors (Lipinski definition) is 0. The summed E-state index contributed by atoms with van der Waals surface area (Å²) in [5, 5.41) is 14.0. The predicted octanol–water partition coefficient (Wildman–Crippen LogP) is 18.3. The number of hydrogen-bond acceptors (Lipinski definition) is 7. The summed E-state index contributed by atoms with van der Waals surface area (Å²) >= 11 is 0. The molecular weight excluding hydrogens is 1270 g/mol. The molecule has 4 aliphatic rings. The normalized spacial score (nSPS) is 17.0. The number of fused-ring (bicyclic) bond motifs is 12. The second-order valence-electron chi connectivity index (χ2n) is 29.7. The van der Waals surface area contributed by atoms with Gasteiger partial charge in [-0.2, -0.15) is 14.6 Å². The maximum atomic E-state index is 13.4. The van der Waals surface area contributed by atoms with Crippen molar-refractivity contribution in [2.75, 3.05) is 54.4 Å². The van der Waals surface area contributed by atoms with Crippen LogP contribution in [0.3, 0.4) is 0 Å². The van der Waals surface area contributed by atoms with E-state index in [1.54, 1.807) is 12.3 Å². The van der Waals surface area contributed by atoms with Crippen LogP contribution in [0.2, 0.25) is 0 Å². The van der Waals surface area contributed by atoms with Gasteiger partial charge in [0.1, 0.15) is 5.82 Å². The third-order valence-corrected chi connectivity index (χ3v) is 21.2. The summed E-state index contributed by atoms with van der Waals surface area (Å²) in [6, 6.07) is 39.0. The summed E-state index contributed by atoms with van der Waals surface area (Å²) in [5.41, 5.74) is 30.7. The summed E-state index contributed by atoms with van der Waals surface area (Å²) < 4.78 is 39.8. The first-order chi connectivity index (χ1) is 48.9. The Morgan fingerprint density at radius 1 is 0.471 bits per heavy atom. The number of aromatic nitrogens is 9. The van der Waals surface area contributed by atoms with Crippen molar-refractivity contribution in [2.24, 2.45) is 14.1 Å². The molecule has 13 nitrogen and oxygen atoms in total. The molecule has 0 radical (unpaired) electrons. The Labute approximate surface area is 600 Å². The molecule has 0 saturated carbocycles. The van der Waals surface area contributed by atoms with Crippen LogP contribution in [0.4, 0.5) is 8.78 Å². The zero-order valence-electron chi connectivity index (χ0n) is 62.4. The molecule has 0 fully saturated rings. The minimum atomic E-state index is -0.446. The van der Waals surface area contributed by atoms with E-state index in [9.17, 15) is 8.78 Å². The van der Waals surface area contributed by atoms with Crippen LogP contribution in [0.25, 0.3) is 90.7 Å². The molecule has 0 amide bonds. The van der Waals surface area contributed by atoms with Crippen molar-refractivity contribution in [3.8, 4) is 0 Å². The van der Waals surface area contributed by atoms with Gasteiger partial charge in [-0.25, -0.2) is 9.37 Å². The van der Waals surface area contributed by atoms with Crippen LogP contribution < -0.4 is 0 Å². The molecule has 7 aromatic heterocycles. The highest BCUT2D eigenvalue weighted by Crippen LogP contribution is 2.44. The number of pyridine rings is 1. The first kappa shape index (κ1) is 70.7. The fraction of sp³-hybridized carbons (Fsp3) is 0.322. The lowest BCUT2D eigenvalue weighted by Gasteiger charge is -2.39. The molecule has 1 unspecified atom stereocenters. The van der Waals surface area contributed by atoms with Gasteiger partial charge in [-0.15, -0.1) is 6.58 Å². The number of rotatable bonds is 10. The van der Waals surface area contributed by atoms with E-state index in [1.165, 1.54) is 146 Å². The van der Waals surface area contributed by atoms with Crippen LogP contribution in [0.1, 0.15) is 131 Å². The van der Waals surface area contributed by atoms with Crippen molar-refractivity contribution in [1.29, 1.82) is 0 Å². The average molecular weight is 1360 g/mol. The summed E-state index contributed by atoms with van der Waals surface area (Å²) in [4.78, 5) is 13.4. The Bertz CT molecular complexity index is 5260. The van der Waals surface area contributed by atoms with Crippen LogP contribution >= 0.6 is 0 Å². The van der Waals surface area contributed by atoms with E-state index in [0.717, 1.165) is 106 Å². The third-order valence-electron chi connectivity index (χ3n) is 21.2. The molecule has 5 aromatic carbocycles. The number of benzene rings is 5. The van der Waals surface area contributed by atoms with Gasteiger partial charge >= 0.3 is 0 Å². The van der Waals surface area contributed by atoms with Gasteiger partial charge in [-0.3, -0.25) is 9.36 Å². The number of allylic oxidation sites excluding steroid dienone is 5. The van der Waals surface area contributed by atoms with Crippen LogP contribution in [0, 0.1) is 39.5 Å². The van der Waals surface area contributed by atoms with Gasteiger partial charge in [0.05, 0.1) is 34.0 Å². The molecule has 0 aliphatic carbocycles. The van der Waals surface area contributed by atoms with Crippen molar-refractivity contribution in [1.82, 2.24) is 62.4 Å². The molecule has 526 valence electrons. The zero-order valence-corrected chi connectivity index (χ0v) is 62.4. The summed E-state index contributed by atoms with van der Waals surface area (Å²) in [6.07, 6.45) is 22.6. The Morgan fingerprint density at radius 3 is 1.32 bits per heavy atom. The third kappa shape index (κ3) is 14.4. The molecule has 0 bridgehead atoms. The summed E-state index contributed by atoms with van der Waals surface area (Å²) in [5.74, 6) is -0.652. The molecule has 1 atom stereocenters. The standard InChI is InChI=1S/C26H29FN2.C21H22FN3.2C20H24N4/c1-6-13-26(4)17-28(5)16-23-22-14-18(2)7-12-24(22)29(25(23)26)15-19(3)20-8-10-21(27)11-9-20;1-14-4-6-19-17(10-14)18-13-24(3)9-8-20(18)25(19)12-15(2)16-5-7-21(22)23-11-16;1-14-5-6-19-16(11-14)17-13-22(3)10-8-20(17)24(19)12-15(2)18-7-9-21-23(18)4;1-14-5-6-19-17(9-14)18-13-22(3)8-7-20(18)24(19)11-15(2)16-10-21-23(4)12-16/h6-12,14-15H,1,13,16-17H2,2-5H3;4-7,10-12H,8-9,13H2,1-3H3;5-7,9,11-12H,8,10,13H2,1-4H3;5-6,9-12H,7-8,13H2,1-4H3/b19-15+;2*15-12-;15-11-. The molecular formula is C87H99F2N13. The highest BCUT2D eigenvalue weighted by Gasteiger charge is 2.38. The van der Waals surface area contributed by atoms with Crippen LogP contribution in [-0.2, 0) is 65.0 Å². The Balaban J connectivity index is 0.000000122. The molecule has 0 N–H and O–H groups in total. The summed E-state index contributed by atoms with van der Waals surface area (Å²) in [6.45, 7) is 31.7. The zero-order chi connectivity index (χ0) is 72.0. The lowest BCUT2D eigenvalue weighted by molar-refractivity contribution is 0.220. The van der Waals surface area contributed by atoms with E-state index in [0.29, 0.717) is 0 Å². The topological polar surface area (TPSA) is 81.2 Å². The average Bonchev–Trinajstić information content (AvgIpc) is 1.59. The van der Waals surface area contributed by atoms with Crippen molar-refractivity contribution in [2.45, 2.75) is 120 Å². The highest BCUT2D eigenvalue weighted by molar-refractivity contribution is 5.94. The lowest BCUT2D eigenvalue weighted by atomic mass is 9.78. The van der Waals surface area contributed by atoms with Crippen LogP contribution in [0.5, 0.6) is 0 Å². The first-order valence-electron chi connectivity index (χ1n) is 35.9. The number of halogens is 2. The molecule has 102 heavy (non-hydrogen) atoms. The van der Waals surface area contributed by atoms with Gasteiger partial charge in [0.2, 0.25) is 5.95 Å². The van der Waals surface area contributed by atoms with Crippen LogP contribution in [0.15, 0.2) is 153 Å². The maximum Gasteiger partial charge on any atom is 0.212 e. The van der Waals surface area contributed by atoms with E-state index in [2.05, 4.69) is 260 Å².